The third-order valence-corrected chi connectivity index (χ3v) is 4.39. The molecule has 1 rings (SSSR count). The second-order valence-corrected chi connectivity index (χ2v) is 5.94. The van der Waals surface area contributed by atoms with Gasteiger partial charge >= 0.3 is 0 Å². The van der Waals surface area contributed by atoms with Gasteiger partial charge in [0.25, 0.3) is 0 Å². The second-order valence-electron chi connectivity index (χ2n) is 5.94. The van der Waals surface area contributed by atoms with Crippen LogP contribution in [0.1, 0.15) is 53.4 Å². The zero-order chi connectivity index (χ0) is 12.7. The molecule has 0 spiro atoms. The number of nitrogens with zero attached hydrogens (tertiary/aromatic N) is 1. The first kappa shape index (κ1) is 15.0. The smallest absolute Gasteiger partial charge is 0.00500 e. The molecule has 17 heavy (non-hydrogen) atoms. The van der Waals surface area contributed by atoms with Gasteiger partial charge in [0.1, 0.15) is 0 Å². The van der Waals surface area contributed by atoms with E-state index >= 15 is 0 Å². The van der Waals surface area contributed by atoms with Gasteiger partial charge < -0.3 is 10.2 Å². The maximum Gasteiger partial charge on any atom is 0.00500 e. The van der Waals surface area contributed by atoms with Crippen LogP contribution in [0.4, 0.5) is 0 Å². The lowest BCUT2D eigenvalue weighted by Crippen LogP contribution is -2.46. The van der Waals surface area contributed by atoms with Crippen molar-refractivity contribution in [2.24, 2.45) is 11.3 Å². The summed E-state index contributed by atoms with van der Waals surface area (Å²) in [4.78, 5) is 2.61. The molecule has 0 saturated heterocycles. The van der Waals surface area contributed by atoms with Gasteiger partial charge in [-0.05, 0) is 43.8 Å². The fraction of sp³-hybridized carbons (Fsp3) is 1.00. The molecule has 1 aliphatic carbocycles. The quantitative estimate of drug-likeness (QED) is 0.735. The van der Waals surface area contributed by atoms with E-state index < -0.39 is 0 Å². The van der Waals surface area contributed by atoms with Gasteiger partial charge in [-0.25, -0.2) is 0 Å². The van der Waals surface area contributed by atoms with E-state index in [9.17, 15) is 0 Å². The standard InChI is InChI=1S/C15H32N2/c1-5-16-12-15(13-17(6-2)7-3)10-8-9-14(4)11-15/h14,16H,5-13H2,1-4H3. The van der Waals surface area contributed by atoms with Crippen LogP contribution in [0.15, 0.2) is 0 Å². The van der Waals surface area contributed by atoms with Crippen molar-refractivity contribution >= 4 is 0 Å². The lowest BCUT2D eigenvalue weighted by atomic mass is 9.69. The molecule has 2 nitrogen and oxygen atoms in total. The summed E-state index contributed by atoms with van der Waals surface area (Å²) in [6, 6.07) is 0. The van der Waals surface area contributed by atoms with Crippen molar-refractivity contribution in [3.63, 3.8) is 0 Å². The highest BCUT2D eigenvalue weighted by molar-refractivity contribution is 4.89. The predicted octanol–water partition coefficient (Wildman–Crippen LogP) is 3.13. The Bertz CT molecular complexity index is 201. The van der Waals surface area contributed by atoms with E-state index in [0.29, 0.717) is 5.41 Å². The van der Waals surface area contributed by atoms with Gasteiger partial charge in [0.05, 0.1) is 0 Å². The Hall–Kier alpha value is -0.0800. The van der Waals surface area contributed by atoms with Crippen LogP contribution in [-0.2, 0) is 0 Å². The molecular formula is C15H32N2. The van der Waals surface area contributed by atoms with E-state index in [0.717, 1.165) is 12.5 Å². The van der Waals surface area contributed by atoms with E-state index in [-0.39, 0.29) is 0 Å². The van der Waals surface area contributed by atoms with E-state index in [1.165, 1.54) is 51.9 Å². The lowest BCUT2D eigenvalue weighted by Gasteiger charge is -2.43. The van der Waals surface area contributed by atoms with Crippen LogP contribution in [0, 0.1) is 11.3 Å². The summed E-state index contributed by atoms with van der Waals surface area (Å²) < 4.78 is 0. The molecule has 1 fully saturated rings. The molecule has 2 unspecified atom stereocenters. The molecule has 0 aliphatic heterocycles. The van der Waals surface area contributed by atoms with Gasteiger partial charge in [0.2, 0.25) is 0 Å². The van der Waals surface area contributed by atoms with E-state index in [4.69, 9.17) is 0 Å². The van der Waals surface area contributed by atoms with Gasteiger partial charge in [-0.3, -0.25) is 0 Å². The Morgan fingerprint density at radius 2 is 1.94 bits per heavy atom. The van der Waals surface area contributed by atoms with Crippen LogP contribution in [0.25, 0.3) is 0 Å². The van der Waals surface area contributed by atoms with Crippen molar-refractivity contribution < 1.29 is 0 Å². The monoisotopic (exact) mass is 240 g/mol. The Labute approximate surface area is 108 Å². The van der Waals surface area contributed by atoms with Crippen molar-refractivity contribution in [1.82, 2.24) is 10.2 Å². The highest BCUT2D eigenvalue weighted by atomic mass is 15.1. The molecule has 0 heterocycles. The minimum Gasteiger partial charge on any atom is -0.316 e. The highest BCUT2D eigenvalue weighted by Crippen LogP contribution is 2.39. The molecule has 2 heteroatoms. The third-order valence-electron chi connectivity index (χ3n) is 4.39. The van der Waals surface area contributed by atoms with E-state index in [1.807, 2.05) is 0 Å². The molecule has 0 bridgehead atoms. The highest BCUT2D eigenvalue weighted by Gasteiger charge is 2.35. The zero-order valence-electron chi connectivity index (χ0n) is 12.4. The van der Waals surface area contributed by atoms with E-state index in [2.05, 4.69) is 37.9 Å². The Morgan fingerprint density at radius 3 is 2.47 bits per heavy atom. The first-order valence-corrected chi connectivity index (χ1v) is 7.59. The molecular weight excluding hydrogens is 208 g/mol. The van der Waals surface area contributed by atoms with Crippen LogP contribution in [0.5, 0.6) is 0 Å². The number of hydrogen-bond acceptors (Lipinski definition) is 2. The van der Waals surface area contributed by atoms with Crippen molar-refractivity contribution in [1.29, 1.82) is 0 Å². The molecule has 1 N–H and O–H groups in total. The van der Waals surface area contributed by atoms with Crippen molar-refractivity contribution in [2.45, 2.75) is 53.4 Å². The Kier molecular flexibility index (Phi) is 6.50. The molecule has 0 aromatic rings. The number of hydrogen-bond donors (Lipinski definition) is 1. The minimum atomic E-state index is 0.541. The third kappa shape index (κ3) is 4.59. The maximum atomic E-state index is 3.61. The summed E-state index contributed by atoms with van der Waals surface area (Å²) in [5.74, 6) is 0.915. The summed E-state index contributed by atoms with van der Waals surface area (Å²) >= 11 is 0. The predicted molar refractivity (Wildman–Crippen MR) is 76.4 cm³/mol. The van der Waals surface area contributed by atoms with Gasteiger partial charge in [0, 0.05) is 13.1 Å². The summed E-state index contributed by atoms with van der Waals surface area (Å²) in [7, 11) is 0. The van der Waals surface area contributed by atoms with Crippen molar-refractivity contribution in [3.05, 3.63) is 0 Å². The Balaban J connectivity index is 2.63. The average Bonchev–Trinajstić information content (AvgIpc) is 2.34. The van der Waals surface area contributed by atoms with E-state index in [1.54, 1.807) is 0 Å². The SMILES string of the molecule is CCNCC1(CN(CC)CC)CCCC(C)C1. The first-order chi connectivity index (χ1) is 8.15. The lowest BCUT2D eigenvalue weighted by molar-refractivity contribution is 0.0854. The molecule has 0 radical (unpaired) electrons. The first-order valence-electron chi connectivity index (χ1n) is 7.59. The van der Waals surface area contributed by atoms with Crippen LogP contribution in [0.3, 0.4) is 0 Å². The summed E-state index contributed by atoms with van der Waals surface area (Å²) in [6.07, 6.45) is 5.69. The van der Waals surface area contributed by atoms with Crippen LogP contribution < -0.4 is 5.32 Å². The molecule has 1 aliphatic rings. The largest absolute Gasteiger partial charge is 0.316 e. The summed E-state index contributed by atoms with van der Waals surface area (Å²) in [5.41, 5.74) is 0.541. The van der Waals surface area contributed by atoms with Crippen molar-refractivity contribution in [3.8, 4) is 0 Å². The molecule has 0 aromatic carbocycles. The van der Waals surface area contributed by atoms with Crippen LogP contribution >= 0.6 is 0 Å². The van der Waals surface area contributed by atoms with Gasteiger partial charge in [-0.2, -0.15) is 0 Å². The molecule has 0 amide bonds. The minimum absolute atomic E-state index is 0.541. The van der Waals surface area contributed by atoms with Gasteiger partial charge in [-0.15, -0.1) is 0 Å². The molecule has 102 valence electrons. The fourth-order valence-corrected chi connectivity index (χ4v) is 3.44. The molecule has 0 aromatic heterocycles. The fourth-order valence-electron chi connectivity index (χ4n) is 3.44. The van der Waals surface area contributed by atoms with Gasteiger partial charge in [-0.1, -0.05) is 40.5 Å². The molecule has 1 saturated carbocycles. The van der Waals surface area contributed by atoms with Crippen LogP contribution in [-0.4, -0.2) is 37.6 Å². The second kappa shape index (κ2) is 7.38. The summed E-state index contributed by atoms with van der Waals surface area (Å²) in [5, 5.41) is 3.61. The zero-order valence-corrected chi connectivity index (χ0v) is 12.4. The number of rotatable bonds is 7. The topological polar surface area (TPSA) is 15.3 Å². The van der Waals surface area contributed by atoms with Crippen LogP contribution in [0.2, 0.25) is 0 Å². The number of nitrogens with one attached hydrogen (secondary N) is 1. The summed E-state index contributed by atoms with van der Waals surface area (Å²) in [6.45, 7) is 15.2. The molecule has 2 atom stereocenters. The van der Waals surface area contributed by atoms with Gasteiger partial charge in [0.15, 0.2) is 0 Å². The van der Waals surface area contributed by atoms with Crippen molar-refractivity contribution in [2.75, 3.05) is 32.7 Å². The Morgan fingerprint density at radius 1 is 1.24 bits per heavy atom. The normalized spacial score (nSPS) is 29.8. The maximum absolute atomic E-state index is 3.61. The average molecular weight is 240 g/mol.